The van der Waals surface area contributed by atoms with Gasteiger partial charge in [0.05, 0.1) is 6.54 Å². The number of aromatic nitrogens is 3. The van der Waals surface area contributed by atoms with E-state index in [1.807, 2.05) is 35.2 Å². The highest BCUT2D eigenvalue weighted by atomic mass is 15.2. The predicted molar refractivity (Wildman–Crippen MR) is 104 cm³/mol. The third kappa shape index (κ3) is 5.17. The molecule has 0 fully saturated rings. The highest BCUT2D eigenvalue weighted by Gasteiger charge is 2.00. The lowest BCUT2D eigenvalue weighted by atomic mass is 10.1. The summed E-state index contributed by atoms with van der Waals surface area (Å²) in [5, 5.41) is 6.66. The molecule has 1 aromatic carbocycles. The number of guanidine groups is 1. The normalized spacial score (nSPS) is 11.3. The van der Waals surface area contributed by atoms with Gasteiger partial charge in [0, 0.05) is 31.7 Å². The number of nitrogens with one attached hydrogen (secondary N) is 2. The van der Waals surface area contributed by atoms with Crippen molar-refractivity contribution >= 4 is 5.96 Å². The molecule has 6 heteroatoms. The van der Waals surface area contributed by atoms with Crippen LogP contribution in [0.4, 0.5) is 0 Å². The van der Waals surface area contributed by atoms with Gasteiger partial charge in [0.15, 0.2) is 5.96 Å². The van der Waals surface area contributed by atoms with Crippen LogP contribution in [-0.2, 0) is 13.0 Å². The maximum atomic E-state index is 4.64. The molecule has 0 unspecified atom stereocenters. The molecular formula is C20H24N6. The standard InChI is InChI=1S/C20H24N6/c1-2-22-20(23-11-10-17-6-4-3-5-7-17)25-15-18-8-9-19(24-14-18)26-13-12-21-16-26/h3-9,12-14,16H,2,10-11,15H2,1H3,(H2,22,23,25). The van der Waals surface area contributed by atoms with Crippen LogP contribution in [0, 0.1) is 0 Å². The Hall–Kier alpha value is -3.15. The second-order valence-electron chi connectivity index (χ2n) is 5.85. The summed E-state index contributed by atoms with van der Waals surface area (Å²) in [5.41, 5.74) is 2.38. The number of nitrogens with zero attached hydrogens (tertiary/aromatic N) is 4. The van der Waals surface area contributed by atoms with Crippen LogP contribution in [0.2, 0.25) is 0 Å². The Morgan fingerprint density at radius 2 is 1.96 bits per heavy atom. The van der Waals surface area contributed by atoms with Crippen molar-refractivity contribution < 1.29 is 0 Å². The van der Waals surface area contributed by atoms with E-state index in [-0.39, 0.29) is 0 Å². The Morgan fingerprint density at radius 1 is 1.08 bits per heavy atom. The number of hydrogen-bond acceptors (Lipinski definition) is 3. The second kappa shape index (κ2) is 9.36. The van der Waals surface area contributed by atoms with Crippen molar-refractivity contribution in [3.63, 3.8) is 0 Å². The van der Waals surface area contributed by atoms with Gasteiger partial charge in [-0.15, -0.1) is 0 Å². The maximum absolute atomic E-state index is 4.64. The van der Waals surface area contributed by atoms with Gasteiger partial charge in [-0.2, -0.15) is 0 Å². The average Bonchev–Trinajstić information content (AvgIpc) is 3.22. The molecule has 0 aliphatic rings. The molecule has 3 rings (SSSR count). The Kier molecular flexibility index (Phi) is 6.36. The number of aliphatic imine (C=N–C) groups is 1. The number of benzene rings is 1. The molecule has 26 heavy (non-hydrogen) atoms. The quantitative estimate of drug-likeness (QED) is 0.509. The Bertz CT molecular complexity index is 794. The first-order chi connectivity index (χ1) is 12.8. The SMILES string of the molecule is CCNC(=NCc1ccc(-n2ccnc2)nc1)NCCc1ccccc1. The molecule has 0 atom stereocenters. The molecule has 6 nitrogen and oxygen atoms in total. The molecule has 2 aromatic heterocycles. The molecule has 0 saturated carbocycles. The van der Waals surface area contributed by atoms with Crippen LogP contribution in [0.15, 0.2) is 72.4 Å². The summed E-state index contributed by atoms with van der Waals surface area (Å²) in [6.45, 7) is 4.32. The number of imidazole rings is 1. The summed E-state index contributed by atoms with van der Waals surface area (Å²) < 4.78 is 1.88. The van der Waals surface area contributed by atoms with Gasteiger partial charge in [-0.25, -0.2) is 15.0 Å². The van der Waals surface area contributed by atoms with Crippen molar-refractivity contribution in [2.45, 2.75) is 19.9 Å². The van der Waals surface area contributed by atoms with Crippen LogP contribution >= 0.6 is 0 Å². The second-order valence-corrected chi connectivity index (χ2v) is 5.85. The number of rotatable bonds is 7. The van der Waals surface area contributed by atoms with Gasteiger partial charge in [0.1, 0.15) is 12.1 Å². The Morgan fingerprint density at radius 3 is 2.65 bits per heavy atom. The monoisotopic (exact) mass is 348 g/mol. The first-order valence-corrected chi connectivity index (χ1v) is 8.84. The van der Waals surface area contributed by atoms with Crippen LogP contribution in [0.3, 0.4) is 0 Å². The molecule has 0 aliphatic heterocycles. The number of pyridine rings is 1. The Labute approximate surface area is 154 Å². The summed E-state index contributed by atoms with van der Waals surface area (Å²) in [7, 11) is 0. The molecule has 134 valence electrons. The lowest BCUT2D eigenvalue weighted by Gasteiger charge is -2.11. The highest BCUT2D eigenvalue weighted by molar-refractivity contribution is 5.79. The topological polar surface area (TPSA) is 67.1 Å². The zero-order chi connectivity index (χ0) is 18.0. The fourth-order valence-corrected chi connectivity index (χ4v) is 2.54. The van der Waals surface area contributed by atoms with E-state index in [1.54, 1.807) is 12.5 Å². The minimum atomic E-state index is 0.581. The first-order valence-electron chi connectivity index (χ1n) is 8.84. The van der Waals surface area contributed by atoms with Crippen LogP contribution in [0.25, 0.3) is 5.82 Å². The van der Waals surface area contributed by atoms with E-state index in [0.717, 1.165) is 36.9 Å². The highest BCUT2D eigenvalue weighted by Crippen LogP contribution is 2.06. The minimum Gasteiger partial charge on any atom is -0.357 e. The zero-order valence-corrected chi connectivity index (χ0v) is 15.0. The minimum absolute atomic E-state index is 0.581. The summed E-state index contributed by atoms with van der Waals surface area (Å²) in [5.74, 6) is 1.67. The fraction of sp³-hybridized carbons (Fsp3) is 0.250. The van der Waals surface area contributed by atoms with Gasteiger partial charge in [-0.1, -0.05) is 36.4 Å². The third-order valence-electron chi connectivity index (χ3n) is 3.89. The summed E-state index contributed by atoms with van der Waals surface area (Å²) in [6.07, 6.45) is 8.17. The Balaban J connectivity index is 1.54. The molecule has 0 radical (unpaired) electrons. The largest absolute Gasteiger partial charge is 0.357 e. The van der Waals surface area contributed by atoms with E-state index in [2.05, 4.69) is 56.8 Å². The zero-order valence-electron chi connectivity index (χ0n) is 15.0. The van der Waals surface area contributed by atoms with Crippen LogP contribution in [0.1, 0.15) is 18.1 Å². The molecule has 2 heterocycles. The van der Waals surface area contributed by atoms with Crippen molar-refractivity contribution in [3.8, 4) is 5.82 Å². The van der Waals surface area contributed by atoms with Gasteiger partial charge >= 0.3 is 0 Å². The molecule has 2 N–H and O–H groups in total. The molecule has 0 spiro atoms. The summed E-state index contributed by atoms with van der Waals surface area (Å²) in [6, 6.07) is 14.5. The van der Waals surface area contributed by atoms with Gasteiger partial charge in [0.25, 0.3) is 0 Å². The fourth-order valence-electron chi connectivity index (χ4n) is 2.54. The van der Waals surface area contributed by atoms with E-state index >= 15 is 0 Å². The smallest absolute Gasteiger partial charge is 0.191 e. The van der Waals surface area contributed by atoms with Crippen molar-refractivity contribution in [1.29, 1.82) is 0 Å². The molecule has 0 aliphatic carbocycles. The van der Waals surface area contributed by atoms with E-state index in [0.29, 0.717) is 6.54 Å². The summed E-state index contributed by atoms with van der Waals surface area (Å²) in [4.78, 5) is 13.1. The lowest BCUT2D eigenvalue weighted by Crippen LogP contribution is -2.38. The predicted octanol–water partition coefficient (Wildman–Crippen LogP) is 2.57. The van der Waals surface area contributed by atoms with Crippen molar-refractivity contribution in [1.82, 2.24) is 25.2 Å². The average molecular weight is 348 g/mol. The van der Waals surface area contributed by atoms with Crippen LogP contribution in [-0.4, -0.2) is 33.6 Å². The summed E-state index contributed by atoms with van der Waals surface area (Å²) >= 11 is 0. The lowest BCUT2D eigenvalue weighted by molar-refractivity contribution is 0.799. The molecular weight excluding hydrogens is 324 g/mol. The maximum Gasteiger partial charge on any atom is 0.191 e. The van der Waals surface area contributed by atoms with Crippen molar-refractivity contribution in [2.75, 3.05) is 13.1 Å². The van der Waals surface area contributed by atoms with Crippen LogP contribution in [0.5, 0.6) is 0 Å². The molecule has 3 aromatic rings. The van der Waals surface area contributed by atoms with E-state index in [9.17, 15) is 0 Å². The first kappa shape index (κ1) is 17.7. The van der Waals surface area contributed by atoms with Crippen molar-refractivity contribution in [3.05, 3.63) is 78.5 Å². The van der Waals surface area contributed by atoms with Gasteiger partial charge in [0.2, 0.25) is 0 Å². The van der Waals surface area contributed by atoms with E-state index < -0.39 is 0 Å². The van der Waals surface area contributed by atoms with Gasteiger partial charge < -0.3 is 10.6 Å². The van der Waals surface area contributed by atoms with Gasteiger partial charge in [-0.05, 0) is 30.5 Å². The number of hydrogen-bond donors (Lipinski definition) is 2. The van der Waals surface area contributed by atoms with Crippen LogP contribution < -0.4 is 10.6 Å². The van der Waals surface area contributed by atoms with Gasteiger partial charge in [-0.3, -0.25) is 4.57 Å². The third-order valence-corrected chi connectivity index (χ3v) is 3.89. The van der Waals surface area contributed by atoms with E-state index in [1.165, 1.54) is 5.56 Å². The molecule has 0 saturated heterocycles. The molecule has 0 bridgehead atoms. The molecule has 0 amide bonds. The van der Waals surface area contributed by atoms with E-state index in [4.69, 9.17) is 0 Å². The van der Waals surface area contributed by atoms with Crippen molar-refractivity contribution in [2.24, 2.45) is 4.99 Å².